The molecular formula is C14H9Cl3N2O2S. The van der Waals surface area contributed by atoms with E-state index >= 15 is 0 Å². The molecule has 3 rings (SSSR count). The van der Waals surface area contributed by atoms with E-state index in [-0.39, 0.29) is 26.2 Å². The molecule has 114 valence electrons. The number of nitrogens with zero attached hydrogens (tertiary/aromatic N) is 2. The van der Waals surface area contributed by atoms with Crippen molar-refractivity contribution in [1.29, 1.82) is 0 Å². The van der Waals surface area contributed by atoms with E-state index in [9.17, 15) is 9.59 Å². The molecule has 0 atom stereocenters. The zero-order valence-corrected chi connectivity index (χ0v) is 14.8. The molecule has 2 amide bonds. The third kappa shape index (κ3) is 2.00. The number of benzene rings is 1. The maximum absolute atomic E-state index is 12.3. The number of thiazole rings is 1. The maximum Gasteiger partial charge on any atom is 0.262 e. The van der Waals surface area contributed by atoms with Crippen molar-refractivity contribution in [3.8, 4) is 10.4 Å². The Bertz CT molecular complexity index is 861. The molecule has 0 N–H and O–H groups in total. The molecule has 0 saturated heterocycles. The minimum absolute atomic E-state index is 0.0456. The number of hydrogen-bond acceptors (Lipinski definition) is 4. The number of carbonyl (C=O) groups excluding carboxylic acids is 2. The smallest absolute Gasteiger partial charge is 0.262 e. The van der Waals surface area contributed by atoms with Gasteiger partial charge in [0.2, 0.25) is 0 Å². The van der Waals surface area contributed by atoms with Gasteiger partial charge in [0, 0.05) is 12.6 Å². The van der Waals surface area contributed by atoms with Gasteiger partial charge in [-0.25, -0.2) is 4.98 Å². The lowest BCUT2D eigenvalue weighted by molar-refractivity contribution is 0.0693. The van der Waals surface area contributed by atoms with Gasteiger partial charge in [0.25, 0.3) is 11.8 Å². The largest absolute Gasteiger partial charge is 0.277 e. The fraction of sp³-hybridized carbons (Fsp3) is 0.214. The van der Waals surface area contributed by atoms with Gasteiger partial charge in [-0.2, -0.15) is 0 Å². The Labute approximate surface area is 145 Å². The van der Waals surface area contributed by atoms with Gasteiger partial charge in [0.05, 0.1) is 41.8 Å². The van der Waals surface area contributed by atoms with Crippen LogP contribution >= 0.6 is 46.1 Å². The Morgan fingerprint density at radius 1 is 0.909 bits per heavy atom. The van der Waals surface area contributed by atoms with Gasteiger partial charge in [-0.3, -0.25) is 14.5 Å². The van der Waals surface area contributed by atoms with Crippen LogP contribution in [-0.2, 0) is 0 Å². The summed E-state index contributed by atoms with van der Waals surface area (Å²) >= 11 is 20.4. The maximum atomic E-state index is 12.3. The number of fused-ring (bicyclic) bond motifs is 1. The summed E-state index contributed by atoms with van der Waals surface area (Å²) < 4.78 is 0. The highest BCUT2D eigenvalue weighted by atomic mass is 35.5. The number of aryl methyl sites for hydroxylation is 2. The van der Waals surface area contributed by atoms with Gasteiger partial charge in [-0.1, -0.05) is 34.8 Å². The number of hydrogen-bond donors (Lipinski definition) is 0. The van der Waals surface area contributed by atoms with Crippen LogP contribution in [0.5, 0.6) is 0 Å². The molecule has 1 aromatic carbocycles. The Balaban J connectivity index is 2.42. The Kier molecular flexibility index (Phi) is 3.72. The fourth-order valence-electron chi connectivity index (χ4n) is 2.45. The molecule has 0 fully saturated rings. The average Bonchev–Trinajstić information content (AvgIpc) is 2.89. The number of rotatable bonds is 1. The van der Waals surface area contributed by atoms with E-state index in [4.69, 9.17) is 34.8 Å². The van der Waals surface area contributed by atoms with Gasteiger partial charge in [-0.05, 0) is 13.8 Å². The zero-order chi connectivity index (χ0) is 16.3. The fourth-order valence-corrected chi connectivity index (χ4v) is 4.51. The van der Waals surface area contributed by atoms with E-state index in [1.807, 2.05) is 13.8 Å². The summed E-state index contributed by atoms with van der Waals surface area (Å²) in [6.07, 6.45) is 0. The molecule has 4 nitrogen and oxygen atoms in total. The summed E-state index contributed by atoms with van der Waals surface area (Å²) in [6, 6.07) is 0. The van der Waals surface area contributed by atoms with Crippen LogP contribution in [0.25, 0.3) is 10.4 Å². The molecule has 8 heteroatoms. The van der Waals surface area contributed by atoms with Crippen LogP contribution in [0.1, 0.15) is 31.4 Å². The van der Waals surface area contributed by atoms with Gasteiger partial charge in [-0.15, -0.1) is 11.3 Å². The molecule has 0 aliphatic carbocycles. The van der Waals surface area contributed by atoms with E-state index < -0.39 is 11.8 Å². The lowest BCUT2D eigenvalue weighted by atomic mass is 10.0. The van der Waals surface area contributed by atoms with Crippen molar-refractivity contribution in [2.75, 3.05) is 7.05 Å². The second kappa shape index (κ2) is 5.20. The van der Waals surface area contributed by atoms with Gasteiger partial charge in [0.1, 0.15) is 0 Å². The van der Waals surface area contributed by atoms with Crippen molar-refractivity contribution in [3.05, 3.63) is 36.9 Å². The third-order valence-corrected chi connectivity index (χ3v) is 5.81. The lowest BCUT2D eigenvalue weighted by Gasteiger charge is -2.11. The third-order valence-electron chi connectivity index (χ3n) is 3.49. The second-order valence-electron chi connectivity index (χ2n) is 4.88. The standard InChI is InChI=1S/C14H9Cl3N2O2S/c1-4-12(22-5(2)18-4)8-9(15)6-7(10(16)11(8)17)14(21)19(3)13(6)20/h1-3H3. The molecule has 0 spiro atoms. The summed E-state index contributed by atoms with van der Waals surface area (Å²) in [6.45, 7) is 3.69. The molecule has 0 bridgehead atoms. The molecule has 1 aromatic heterocycles. The Morgan fingerprint density at radius 2 is 1.41 bits per heavy atom. The van der Waals surface area contributed by atoms with Crippen LogP contribution < -0.4 is 0 Å². The molecule has 22 heavy (non-hydrogen) atoms. The minimum Gasteiger partial charge on any atom is -0.277 e. The van der Waals surface area contributed by atoms with Crippen molar-refractivity contribution >= 4 is 58.0 Å². The summed E-state index contributed by atoms with van der Waals surface area (Å²) in [5, 5.41) is 1.19. The summed E-state index contributed by atoms with van der Waals surface area (Å²) in [7, 11) is 1.38. The number of halogens is 3. The van der Waals surface area contributed by atoms with Crippen molar-refractivity contribution in [3.63, 3.8) is 0 Å². The second-order valence-corrected chi connectivity index (χ2v) is 7.22. The van der Waals surface area contributed by atoms with E-state index in [0.29, 0.717) is 5.56 Å². The van der Waals surface area contributed by atoms with Crippen LogP contribution in [0.15, 0.2) is 0 Å². The van der Waals surface area contributed by atoms with E-state index in [1.165, 1.54) is 18.4 Å². The quantitative estimate of drug-likeness (QED) is 0.540. The highest BCUT2D eigenvalue weighted by Gasteiger charge is 2.40. The number of amides is 2. The normalized spacial score (nSPS) is 14.0. The molecule has 0 saturated carbocycles. The van der Waals surface area contributed by atoms with Crippen LogP contribution in [0.2, 0.25) is 15.1 Å². The zero-order valence-electron chi connectivity index (χ0n) is 11.8. The van der Waals surface area contributed by atoms with E-state index in [1.54, 1.807) is 0 Å². The predicted molar refractivity (Wildman–Crippen MR) is 88.5 cm³/mol. The van der Waals surface area contributed by atoms with Crippen LogP contribution in [-0.4, -0.2) is 28.7 Å². The lowest BCUT2D eigenvalue weighted by Crippen LogP contribution is -2.24. The molecule has 2 heterocycles. The Morgan fingerprint density at radius 3 is 1.91 bits per heavy atom. The monoisotopic (exact) mass is 374 g/mol. The van der Waals surface area contributed by atoms with Crippen molar-refractivity contribution in [1.82, 2.24) is 9.88 Å². The van der Waals surface area contributed by atoms with Crippen LogP contribution in [0, 0.1) is 13.8 Å². The van der Waals surface area contributed by atoms with E-state index in [2.05, 4.69) is 4.98 Å². The van der Waals surface area contributed by atoms with Crippen molar-refractivity contribution in [2.45, 2.75) is 13.8 Å². The highest BCUT2D eigenvalue weighted by Crippen LogP contribution is 2.48. The molecule has 2 aromatic rings. The number of carbonyl (C=O) groups is 2. The van der Waals surface area contributed by atoms with Crippen molar-refractivity contribution in [2.24, 2.45) is 0 Å². The number of imide groups is 1. The predicted octanol–water partition coefficient (Wildman–Crippen LogP) is 4.61. The summed E-state index contributed by atoms with van der Waals surface area (Å²) in [5.41, 5.74) is 1.36. The van der Waals surface area contributed by atoms with Crippen LogP contribution in [0.3, 0.4) is 0 Å². The average molecular weight is 376 g/mol. The van der Waals surface area contributed by atoms with Crippen molar-refractivity contribution < 1.29 is 9.59 Å². The van der Waals surface area contributed by atoms with E-state index in [0.717, 1.165) is 20.5 Å². The van der Waals surface area contributed by atoms with Crippen LogP contribution in [0.4, 0.5) is 0 Å². The topological polar surface area (TPSA) is 50.3 Å². The van der Waals surface area contributed by atoms with Gasteiger partial charge in [0.15, 0.2) is 0 Å². The first-order valence-corrected chi connectivity index (χ1v) is 8.18. The molecule has 0 unspecified atom stereocenters. The molecular weight excluding hydrogens is 367 g/mol. The summed E-state index contributed by atoms with van der Waals surface area (Å²) in [4.78, 5) is 30.5. The minimum atomic E-state index is -0.502. The first-order valence-electron chi connectivity index (χ1n) is 6.23. The van der Waals surface area contributed by atoms with Gasteiger partial charge < -0.3 is 0 Å². The summed E-state index contributed by atoms with van der Waals surface area (Å²) in [5.74, 6) is -0.985. The SMILES string of the molecule is Cc1nc(C)c(-c2c(Cl)c(Cl)c3c(c2Cl)C(=O)N(C)C3=O)s1. The molecule has 1 aliphatic rings. The highest BCUT2D eigenvalue weighted by molar-refractivity contribution is 7.15. The first-order chi connectivity index (χ1) is 10.3. The molecule has 0 radical (unpaired) electrons. The first kappa shape index (κ1) is 15.7. The Hall–Kier alpha value is -1.14. The van der Waals surface area contributed by atoms with Gasteiger partial charge >= 0.3 is 0 Å². The molecule has 1 aliphatic heterocycles. The number of aromatic nitrogens is 1.